The number of carbonyl (C=O) groups excluding carboxylic acids is 2. The Morgan fingerprint density at radius 3 is 2.42 bits per heavy atom. The number of benzene rings is 3. The van der Waals surface area contributed by atoms with Gasteiger partial charge < -0.3 is 4.74 Å². The molecule has 234 valence electrons. The zero-order valence-corrected chi connectivity index (χ0v) is 25.5. The summed E-state index contributed by atoms with van der Waals surface area (Å²) in [5.74, 6) is 0.258. The third-order valence-electron chi connectivity index (χ3n) is 6.80. The Morgan fingerprint density at radius 1 is 1.04 bits per heavy atom. The van der Waals surface area contributed by atoms with Crippen LogP contribution in [0.5, 0.6) is 5.75 Å². The van der Waals surface area contributed by atoms with E-state index in [4.69, 9.17) is 4.84 Å². The predicted octanol–water partition coefficient (Wildman–Crippen LogP) is 7.10. The molecule has 1 aliphatic rings. The SMILES string of the molecule is Cc1ccc(C(C)C)c(N2C(=O)CSC2=NC(=O)NOC(C)c2ccc(-c3ncn(-c4ccc(OC(F)(F)F)cc4)n3)cc2)c1. The Morgan fingerprint density at radius 2 is 1.76 bits per heavy atom. The van der Waals surface area contributed by atoms with E-state index in [0.717, 1.165) is 16.7 Å². The minimum atomic E-state index is -4.77. The molecule has 1 unspecified atom stereocenters. The largest absolute Gasteiger partial charge is 0.573 e. The molecule has 10 nitrogen and oxygen atoms in total. The van der Waals surface area contributed by atoms with Crippen molar-refractivity contribution in [1.82, 2.24) is 20.2 Å². The number of thioether (sulfide) groups is 1. The van der Waals surface area contributed by atoms with E-state index in [-0.39, 0.29) is 28.5 Å². The van der Waals surface area contributed by atoms with Gasteiger partial charge in [-0.25, -0.2) is 19.9 Å². The van der Waals surface area contributed by atoms with E-state index in [9.17, 15) is 22.8 Å². The van der Waals surface area contributed by atoms with Crippen molar-refractivity contribution >= 4 is 34.6 Å². The first-order valence-corrected chi connectivity index (χ1v) is 14.9. The van der Waals surface area contributed by atoms with Gasteiger partial charge in [-0.1, -0.05) is 62.0 Å². The number of aromatic nitrogens is 3. The minimum Gasteiger partial charge on any atom is -0.406 e. The molecule has 1 aromatic heterocycles. The fourth-order valence-electron chi connectivity index (χ4n) is 4.56. The average Bonchev–Trinajstić information content (AvgIpc) is 3.62. The van der Waals surface area contributed by atoms with Crippen molar-refractivity contribution in [3.8, 4) is 22.8 Å². The maximum atomic E-state index is 12.8. The van der Waals surface area contributed by atoms with Crippen molar-refractivity contribution < 1.29 is 32.3 Å². The zero-order valence-electron chi connectivity index (χ0n) is 24.7. The van der Waals surface area contributed by atoms with Gasteiger partial charge in [0.05, 0.1) is 17.1 Å². The van der Waals surface area contributed by atoms with Crippen LogP contribution in [0.25, 0.3) is 17.1 Å². The number of ether oxygens (including phenoxy) is 1. The van der Waals surface area contributed by atoms with Crippen molar-refractivity contribution in [1.29, 1.82) is 0 Å². The molecule has 3 amide bonds. The number of aliphatic imine (C=N–C) groups is 1. The Hall–Kier alpha value is -4.69. The van der Waals surface area contributed by atoms with Crippen LogP contribution in [0, 0.1) is 6.92 Å². The molecule has 0 aliphatic carbocycles. The number of nitrogens with one attached hydrogen (secondary N) is 1. The molecule has 0 radical (unpaired) electrons. The van der Waals surface area contributed by atoms with Crippen molar-refractivity contribution in [3.05, 3.63) is 89.7 Å². The molecule has 0 saturated carbocycles. The number of hydroxylamine groups is 1. The van der Waals surface area contributed by atoms with Crippen LogP contribution in [-0.2, 0) is 9.63 Å². The van der Waals surface area contributed by atoms with Crippen LogP contribution in [0.15, 0.2) is 78.0 Å². The highest BCUT2D eigenvalue weighted by Crippen LogP contribution is 2.34. The van der Waals surface area contributed by atoms with Crippen LogP contribution >= 0.6 is 11.8 Å². The topological polar surface area (TPSA) is 111 Å². The summed E-state index contributed by atoms with van der Waals surface area (Å²) in [6.45, 7) is 7.78. The van der Waals surface area contributed by atoms with Gasteiger partial charge in [-0.05, 0) is 66.8 Å². The fraction of sp³-hybridized carbons (Fsp3) is 0.258. The minimum absolute atomic E-state index is 0.152. The Labute approximate surface area is 261 Å². The average molecular weight is 639 g/mol. The molecule has 1 saturated heterocycles. The lowest BCUT2D eigenvalue weighted by Gasteiger charge is -2.22. The highest BCUT2D eigenvalue weighted by Gasteiger charge is 2.33. The van der Waals surface area contributed by atoms with Gasteiger partial charge in [0.2, 0.25) is 5.91 Å². The number of alkyl halides is 3. The molecule has 1 N–H and O–H groups in total. The van der Waals surface area contributed by atoms with Gasteiger partial charge in [-0.2, -0.15) is 4.99 Å². The van der Waals surface area contributed by atoms with Crippen molar-refractivity contribution in [2.75, 3.05) is 10.7 Å². The van der Waals surface area contributed by atoms with E-state index >= 15 is 0 Å². The van der Waals surface area contributed by atoms with Gasteiger partial charge in [0, 0.05) is 5.56 Å². The van der Waals surface area contributed by atoms with E-state index < -0.39 is 18.5 Å². The van der Waals surface area contributed by atoms with Crippen LogP contribution in [0.2, 0.25) is 0 Å². The lowest BCUT2D eigenvalue weighted by molar-refractivity contribution is -0.274. The molecule has 0 spiro atoms. The second-order valence-electron chi connectivity index (χ2n) is 10.5. The van der Waals surface area contributed by atoms with Gasteiger partial charge in [0.15, 0.2) is 11.0 Å². The summed E-state index contributed by atoms with van der Waals surface area (Å²) in [4.78, 5) is 40.9. The standard InChI is InChI=1S/C31H29F3N6O4S/c1-18(2)25-14-5-19(3)15-26(25)40-27(41)16-45-30(40)36-29(42)38-44-20(4)21-6-8-22(9-7-21)28-35-17-39(37-28)23-10-12-24(13-11-23)43-31(32,33)34/h5-15,17-18,20H,16H2,1-4H3,(H,38,42). The maximum absolute atomic E-state index is 12.8. The molecule has 1 aliphatic heterocycles. The molecular weight excluding hydrogens is 609 g/mol. The summed E-state index contributed by atoms with van der Waals surface area (Å²) in [5.41, 5.74) is 6.98. The van der Waals surface area contributed by atoms with Crippen molar-refractivity contribution in [2.45, 2.75) is 46.1 Å². The van der Waals surface area contributed by atoms with E-state index in [1.54, 1.807) is 31.2 Å². The molecule has 45 heavy (non-hydrogen) atoms. The summed E-state index contributed by atoms with van der Waals surface area (Å²) in [6, 6.07) is 17.6. The second-order valence-corrected chi connectivity index (χ2v) is 11.4. The molecule has 14 heteroatoms. The quantitative estimate of drug-likeness (QED) is 0.205. The number of urea groups is 1. The smallest absolute Gasteiger partial charge is 0.406 e. The molecular formula is C31H29F3N6O4S. The zero-order chi connectivity index (χ0) is 32.3. The monoisotopic (exact) mass is 638 g/mol. The van der Waals surface area contributed by atoms with Gasteiger partial charge >= 0.3 is 12.4 Å². The summed E-state index contributed by atoms with van der Waals surface area (Å²) in [7, 11) is 0. The summed E-state index contributed by atoms with van der Waals surface area (Å²) in [6.07, 6.45) is -3.86. The number of hydrogen-bond donors (Lipinski definition) is 1. The molecule has 1 fully saturated rings. The van der Waals surface area contributed by atoms with Crippen LogP contribution in [0.3, 0.4) is 0 Å². The summed E-state index contributed by atoms with van der Waals surface area (Å²) in [5, 5.41) is 4.68. The summed E-state index contributed by atoms with van der Waals surface area (Å²) < 4.78 is 42.6. The third-order valence-corrected chi connectivity index (χ3v) is 7.72. The van der Waals surface area contributed by atoms with E-state index in [2.05, 4.69) is 25.3 Å². The van der Waals surface area contributed by atoms with Gasteiger partial charge in [-0.15, -0.1) is 18.3 Å². The first-order valence-electron chi connectivity index (χ1n) is 13.9. The van der Waals surface area contributed by atoms with E-state index in [1.165, 1.54) is 51.9 Å². The van der Waals surface area contributed by atoms with Gasteiger partial charge in [0.1, 0.15) is 18.2 Å². The Balaban J connectivity index is 1.20. The van der Waals surface area contributed by atoms with E-state index in [1.807, 2.05) is 39.0 Å². The van der Waals surface area contributed by atoms with Crippen molar-refractivity contribution in [3.63, 3.8) is 0 Å². The molecule has 4 aromatic rings. The highest BCUT2D eigenvalue weighted by atomic mass is 32.2. The van der Waals surface area contributed by atoms with Crippen LogP contribution in [0.4, 0.5) is 23.7 Å². The van der Waals surface area contributed by atoms with Crippen LogP contribution < -0.4 is 15.1 Å². The second kappa shape index (κ2) is 13.1. The van der Waals surface area contributed by atoms with Gasteiger partial charge in [-0.3, -0.25) is 14.5 Å². The number of amidine groups is 1. The first-order chi connectivity index (χ1) is 21.4. The summed E-state index contributed by atoms with van der Waals surface area (Å²) >= 11 is 1.19. The van der Waals surface area contributed by atoms with Gasteiger partial charge in [0.25, 0.3) is 0 Å². The van der Waals surface area contributed by atoms with Crippen LogP contribution in [0.1, 0.15) is 49.5 Å². The Bertz CT molecular complexity index is 1720. The maximum Gasteiger partial charge on any atom is 0.573 e. The number of anilines is 1. The number of nitrogens with zero attached hydrogens (tertiary/aromatic N) is 5. The third kappa shape index (κ3) is 7.70. The molecule has 1 atom stereocenters. The van der Waals surface area contributed by atoms with E-state index in [0.29, 0.717) is 22.8 Å². The molecule has 0 bridgehead atoms. The number of hydrogen-bond acceptors (Lipinski definition) is 7. The fourth-order valence-corrected chi connectivity index (χ4v) is 5.42. The molecule has 5 rings (SSSR count). The lowest BCUT2D eigenvalue weighted by atomic mass is 9.99. The lowest BCUT2D eigenvalue weighted by Crippen LogP contribution is -2.32. The first kappa shape index (κ1) is 31.7. The normalized spacial score (nSPS) is 15.2. The number of rotatable bonds is 8. The highest BCUT2D eigenvalue weighted by molar-refractivity contribution is 8.15. The molecule has 3 aromatic carbocycles. The predicted molar refractivity (Wildman–Crippen MR) is 164 cm³/mol. The van der Waals surface area contributed by atoms with Crippen LogP contribution in [-0.4, -0.2) is 44.0 Å². The number of halogens is 3. The number of amides is 3. The number of aryl methyl sites for hydroxylation is 1. The number of carbonyl (C=O) groups is 2. The van der Waals surface area contributed by atoms with Crippen molar-refractivity contribution in [2.24, 2.45) is 4.99 Å². The molecule has 2 heterocycles. The Kier molecular flexibility index (Phi) is 9.25.